The Morgan fingerprint density at radius 3 is 2.09 bits per heavy atom. The minimum absolute atomic E-state index is 0.210. The molecule has 0 aliphatic rings. The lowest BCUT2D eigenvalue weighted by molar-refractivity contribution is 1.48. The fourth-order valence-corrected chi connectivity index (χ4v) is 1.24. The van der Waals surface area contributed by atoms with Crippen molar-refractivity contribution in [2.24, 2.45) is 0 Å². The number of hydrogen-bond acceptors (Lipinski definition) is 1. The number of nitriles is 1. The Balaban J connectivity index is 3.44. The minimum atomic E-state index is 0.210. The van der Waals surface area contributed by atoms with Crippen molar-refractivity contribution in [2.75, 3.05) is 0 Å². The Hall–Kier alpha value is -0.420. The zero-order valence-electron chi connectivity index (χ0n) is 5.24. The van der Waals surface area contributed by atoms with E-state index in [4.69, 9.17) is 40.1 Å². The van der Waals surface area contributed by atoms with E-state index < -0.39 is 0 Å². The van der Waals surface area contributed by atoms with Crippen molar-refractivity contribution in [2.45, 2.75) is 0 Å². The standard InChI is InChI=1S/C7H2Cl3N/c8-5-1-2-6(9)7(10)4(5)3-11/h1-2H. The summed E-state index contributed by atoms with van der Waals surface area (Å²) in [6.45, 7) is 0. The predicted octanol–water partition coefficient (Wildman–Crippen LogP) is 3.52. The molecule has 1 aromatic rings. The lowest BCUT2D eigenvalue weighted by Gasteiger charge is -1.98. The maximum Gasteiger partial charge on any atom is 0.102 e. The molecule has 0 atom stereocenters. The molecular formula is C7H2Cl3N. The first-order valence-electron chi connectivity index (χ1n) is 2.70. The molecule has 0 fully saturated rings. The molecule has 0 aliphatic carbocycles. The Kier molecular flexibility index (Phi) is 2.62. The molecule has 0 N–H and O–H groups in total. The topological polar surface area (TPSA) is 23.8 Å². The third-order valence-corrected chi connectivity index (χ3v) is 2.28. The third-order valence-electron chi connectivity index (χ3n) is 1.16. The first-order valence-corrected chi connectivity index (χ1v) is 3.84. The normalized spacial score (nSPS) is 9.27. The molecule has 11 heavy (non-hydrogen) atoms. The van der Waals surface area contributed by atoms with Crippen molar-refractivity contribution in [3.05, 3.63) is 32.8 Å². The van der Waals surface area contributed by atoms with Gasteiger partial charge in [-0.15, -0.1) is 0 Å². The van der Waals surface area contributed by atoms with Gasteiger partial charge in [-0.05, 0) is 12.1 Å². The van der Waals surface area contributed by atoms with Gasteiger partial charge in [-0.25, -0.2) is 0 Å². The van der Waals surface area contributed by atoms with E-state index in [0.717, 1.165) is 0 Å². The summed E-state index contributed by atoms with van der Waals surface area (Å²) in [5.41, 5.74) is 0.223. The van der Waals surface area contributed by atoms with Crippen LogP contribution < -0.4 is 0 Å². The Morgan fingerprint density at radius 2 is 1.64 bits per heavy atom. The summed E-state index contributed by atoms with van der Waals surface area (Å²) in [4.78, 5) is 0. The monoisotopic (exact) mass is 205 g/mol. The van der Waals surface area contributed by atoms with E-state index in [-0.39, 0.29) is 10.6 Å². The van der Waals surface area contributed by atoms with Gasteiger partial charge in [0, 0.05) is 0 Å². The quantitative estimate of drug-likeness (QED) is 0.596. The fourth-order valence-electron chi connectivity index (χ4n) is 0.630. The highest BCUT2D eigenvalue weighted by molar-refractivity contribution is 6.44. The van der Waals surface area contributed by atoms with Crippen LogP contribution in [-0.4, -0.2) is 0 Å². The average Bonchev–Trinajstić information content (AvgIpc) is 1.99. The molecular weight excluding hydrogens is 204 g/mol. The molecule has 0 aliphatic heterocycles. The molecule has 0 saturated carbocycles. The van der Waals surface area contributed by atoms with Crippen molar-refractivity contribution >= 4 is 34.8 Å². The van der Waals surface area contributed by atoms with Crippen LogP contribution in [0.15, 0.2) is 12.1 Å². The van der Waals surface area contributed by atoms with Gasteiger partial charge in [-0.3, -0.25) is 0 Å². The molecule has 4 heteroatoms. The number of rotatable bonds is 0. The summed E-state index contributed by atoms with van der Waals surface area (Å²) in [5.74, 6) is 0. The van der Waals surface area contributed by atoms with Crippen molar-refractivity contribution < 1.29 is 0 Å². The maximum absolute atomic E-state index is 8.55. The second kappa shape index (κ2) is 3.32. The first kappa shape index (κ1) is 8.67. The van der Waals surface area contributed by atoms with Crippen LogP contribution in [0.5, 0.6) is 0 Å². The molecule has 0 bridgehead atoms. The van der Waals surface area contributed by atoms with Gasteiger partial charge in [0.2, 0.25) is 0 Å². The summed E-state index contributed by atoms with van der Waals surface area (Å²) in [7, 11) is 0. The molecule has 1 rings (SSSR count). The Bertz CT molecular complexity index is 327. The summed E-state index contributed by atoms with van der Waals surface area (Å²) in [6.07, 6.45) is 0. The summed E-state index contributed by atoms with van der Waals surface area (Å²) >= 11 is 16.9. The number of hydrogen-bond donors (Lipinski definition) is 0. The molecule has 0 unspecified atom stereocenters. The second-order valence-electron chi connectivity index (χ2n) is 1.83. The first-order chi connectivity index (χ1) is 5.16. The summed E-state index contributed by atoms with van der Waals surface area (Å²) in [6, 6.07) is 4.94. The van der Waals surface area contributed by atoms with Gasteiger partial charge in [0.15, 0.2) is 0 Å². The molecule has 0 saturated heterocycles. The molecule has 1 nitrogen and oxygen atoms in total. The predicted molar refractivity (Wildman–Crippen MR) is 46.2 cm³/mol. The van der Waals surface area contributed by atoms with Crippen LogP contribution in [-0.2, 0) is 0 Å². The maximum atomic E-state index is 8.55. The van der Waals surface area contributed by atoms with Crippen LogP contribution in [0.4, 0.5) is 0 Å². The van der Waals surface area contributed by atoms with E-state index >= 15 is 0 Å². The van der Waals surface area contributed by atoms with E-state index in [0.29, 0.717) is 10.0 Å². The zero-order valence-corrected chi connectivity index (χ0v) is 7.50. The largest absolute Gasteiger partial charge is 0.192 e. The Morgan fingerprint density at radius 1 is 1.09 bits per heavy atom. The second-order valence-corrected chi connectivity index (χ2v) is 3.02. The van der Waals surface area contributed by atoms with Gasteiger partial charge in [-0.2, -0.15) is 5.26 Å². The molecule has 0 radical (unpaired) electrons. The van der Waals surface area contributed by atoms with E-state index in [1.807, 2.05) is 6.07 Å². The van der Waals surface area contributed by atoms with Gasteiger partial charge in [-0.1, -0.05) is 34.8 Å². The highest BCUT2D eigenvalue weighted by atomic mass is 35.5. The van der Waals surface area contributed by atoms with Gasteiger partial charge >= 0.3 is 0 Å². The number of halogens is 3. The lowest BCUT2D eigenvalue weighted by Crippen LogP contribution is -1.79. The molecule has 56 valence electrons. The third kappa shape index (κ3) is 1.59. The number of benzene rings is 1. The molecule has 0 amide bonds. The fraction of sp³-hybridized carbons (Fsp3) is 0. The average molecular weight is 206 g/mol. The molecule has 0 aromatic heterocycles. The number of nitrogens with zero attached hydrogens (tertiary/aromatic N) is 1. The van der Waals surface area contributed by atoms with E-state index in [2.05, 4.69) is 0 Å². The van der Waals surface area contributed by atoms with Gasteiger partial charge in [0.25, 0.3) is 0 Å². The van der Waals surface area contributed by atoms with Gasteiger partial charge < -0.3 is 0 Å². The van der Waals surface area contributed by atoms with Crippen molar-refractivity contribution in [3.63, 3.8) is 0 Å². The van der Waals surface area contributed by atoms with Crippen molar-refractivity contribution in [3.8, 4) is 6.07 Å². The minimum Gasteiger partial charge on any atom is -0.192 e. The smallest absolute Gasteiger partial charge is 0.102 e. The van der Waals surface area contributed by atoms with Gasteiger partial charge in [0.1, 0.15) is 6.07 Å². The van der Waals surface area contributed by atoms with E-state index in [1.165, 1.54) is 6.07 Å². The lowest BCUT2D eigenvalue weighted by atomic mass is 10.2. The van der Waals surface area contributed by atoms with Crippen LogP contribution in [0.2, 0.25) is 15.1 Å². The Labute approximate surface area is 79.1 Å². The van der Waals surface area contributed by atoms with Crippen LogP contribution in [0.3, 0.4) is 0 Å². The van der Waals surface area contributed by atoms with E-state index in [1.54, 1.807) is 6.07 Å². The SMILES string of the molecule is N#Cc1c(Cl)ccc(Cl)c1Cl. The van der Waals surface area contributed by atoms with E-state index in [9.17, 15) is 0 Å². The van der Waals surface area contributed by atoms with Crippen molar-refractivity contribution in [1.82, 2.24) is 0 Å². The van der Waals surface area contributed by atoms with Crippen LogP contribution in [0, 0.1) is 11.3 Å². The highest BCUT2D eigenvalue weighted by Crippen LogP contribution is 2.30. The van der Waals surface area contributed by atoms with Crippen LogP contribution in [0.25, 0.3) is 0 Å². The molecule has 1 aromatic carbocycles. The summed E-state index contributed by atoms with van der Waals surface area (Å²) in [5, 5.41) is 9.42. The van der Waals surface area contributed by atoms with Crippen molar-refractivity contribution in [1.29, 1.82) is 5.26 Å². The van der Waals surface area contributed by atoms with Crippen LogP contribution >= 0.6 is 34.8 Å². The molecule has 0 spiro atoms. The molecule has 0 heterocycles. The zero-order chi connectivity index (χ0) is 8.43. The van der Waals surface area contributed by atoms with Crippen LogP contribution in [0.1, 0.15) is 5.56 Å². The van der Waals surface area contributed by atoms with Gasteiger partial charge in [0.05, 0.1) is 20.6 Å². The summed E-state index contributed by atoms with van der Waals surface area (Å²) < 4.78 is 0. The highest BCUT2D eigenvalue weighted by Gasteiger charge is 2.07.